The second kappa shape index (κ2) is 11.2. The van der Waals surface area contributed by atoms with Crippen LogP contribution in [0.5, 0.6) is 0 Å². The van der Waals surface area contributed by atoms with Crippen LogP contribution in [0.15, 0.2) is 46.2 Å². The van der Waals surface area contributed by atoms with Gasteiger partial charge in [0.05, 0.1) is 32.0 Å². The molecule has 0 bridgehead atoms. The van der Waals surface area contributed by atoms with Crippen LogP contribution in [0.2, 0.25) is 0 Å². The van der Waals surface area contributed by atoms with Gasteiger partial charge in [-0.25, -0.2) is 26.3 Å². The zero-order valence-corrected chi connectivity index (χ0v) is 22.1. The van der Waals surface area contributed by atoms with Gasteiger partial charge in [-0.2, -0.15) is 52.7 Å². The van der Waals surface area contributed by atoms with Gasteiger partial charge in [-0.1, -0.05) is 12.8 Å². The van der Waals surface area contributed by atoms with Gasteiger partial charge in [0.2, 0.25) is 20.0 Å². The summed E-state index contributed by atoms with van der Waals surface area (Å²) in [5, 5.41) is 0. The second-order valence-corrected chi connectivity index (χ2v) is 12.7. The van der Waals surface area contributed by atoms with Gasteiger partial charge in [0.25, 0.3) is 0 Å². The van der Waals surface area contributed by atoms with Crippen LogP contribution in [0.25, 0.3) is 0 Å². The molecule has 2 atom stereocenters. The summed E-state index contributed by atoms with van der Waals surface area (Å²) in [6, 6.07) is -4.09. The molecule has 1 aliphatic rings. The topological polar surface area (TPSA) is 92.3 Å². The molecule has 1 aliphatic carbocycles. The SMILES string of the molecule is O=S(=O)(N[C@@H]1CCCC[C@H]1NS(=O)(=O)c1cc(C(F)(F)F)cc(C(F)(F)F)c1)c1cc(C(F)(F)F)cc(C(F)(F)F)c1. The Morgan fingerprint density at radius 3 is 0.929 bits per heavy atom. The number of sulfonamides is 2. The van der Waals surface area contributed by atoms with Crippen molar-refractivity contribution >= 4 is 20.0 Å². The number of alkyl halides is 12. The average Bonchev–Trinajstić information content (AvgIpc) is 2.82. The van der Waals surface area contributed by atoms with Gasteiger partial charge in [0, 0.05) is 12.1 Å². The zero-order valence-electron chi connectivity index (χ0n) is 20.4. The average molecular weight is 667 g/mol. The van der Waals surface area contributed by atoms with Gasteiger partial charge in [-0.15, -0.1) is 0 Å². The highest BCUT2D eigenvalue weighted by Crippen LogP contribution is 2.39. The fourth-order valence-corrected chi connectivity index (χ4v) is 6.87. The number of hydrogen-bond acceptors (Lipinski definition) is 4. The predicted molar refractivity (Wildman–Crippen MR) is 120 cm³/mol. The van der Waals surface area contributed by atoms with Crippen molar-refractivity contribution in [2.24, 2.45) is 0 Å². The van der Waals surface area contributed by atoms with E-state index in [9.17, 15) is 69.5 Å². The molecule has 20 heteroatoms. The van der Waals surface area contributed by atoms with Gasteiger partial charge in [0.1, 0.15) is 0 Å². The van der Waals surface area contributed by atoms with E-state index < -0.39 is 88.9 Å². The molecule has 0 unspecified atom stereocenters. The van der Waals surface area contributed by atoms with E-state index in [2.05, 4.69) is 0 Å². The maximum atomic E-state index is 13.2. The Kier molecular flexibility index (Phi) is 9.01. The van der Waals surface area contributed by atoms with Crippen molar-refractivity contribution in [1.29, 1.82) is 0 Å². The van der Waals surface area contributed by atoms with E-state index in [1.807, 2.05) is 9.44 Å². The van der Waals surface area contributed by atoms with Gasteiger partial charge >= 0.3 is 24.7 Å². The Labute approximate surface area is 230 Å². The molecule has 0 radical (unpaired) electrons. The molecule has 2 N–H and O–H groups in total. The van der Waals surface area contributed by atoms with Gasteiger partial charge < -0.3 is 0 Å². The quantitative estimate of drug-likeness (QED) is 0.353. The number of benzene rings is 2. The molecule has 0 saturated heterocycles. The summed E-state index contributed by atoms with van der Waals surface area (Å²) in [7, 11) is -10.4. The maximum Gasteiger partial charge on any atom is 0.416 e. The fraction of sp³-hybridized carbons (Fsp3) is 0.455. The minimum absolute atomic E-state index is 0.0825. The first-order chi connectivity index (χ1) is 18.8. The van der Waals surface area contributed by atoms with E-state index in [1.54, 1.807) is 0 Å². The molecule has 0 heterocycles. The highest BCUT2D eigenvalue weighted by Gasteiger charge is 2.41. The summed E-state index contributed by atoms with van der Waals surface area (Å²) in [6.07, 6.45) is -21.7. The van der Waals surface area contributed by atoms with Crippen LogP contribution in [0.4, 0.5) is 52.7 Å². The van der Waals surface area contributed by atoms with Crippen molar-refractivity contribution in [3.8, 4) is 0 Å². The van der Waals surface area contributed by atoms with Crippen LogP contribution in [0.1, 0.15) is 47.9 Å². The smallest absolute Gasteiger partial charge is 0.207 e. The number of rotatable bonds is 6. The van der Waals surface area contributed by atoms with Gasteiger partial charge in [-0.05, 0) is 49.2 Å². The van der Waals surface area contributed by atoms with Crippen molar-refractivity contribution in [2.75, 3.05) is 0 Å². The molecule has 0 aliphatic heterocycles. The monoisotopic (exact) mass is 666 g/mol. The Bertz CT molecular complexity index is 1350. The summed E-state index contributed by atoms with van der Waals surface area (Å²) in [5.41, 5.74) is -7.82. The fourth-order valence-electron chi connectivity index (χ4n) is 4.11. The van der Waals surface area contributed by atoms with E-state index in [1.165, 1.54) is 0 Å². The number of halogens is 12. The lowest BCUT2D eigenvalue weighted by Crippen LogP contribution is -2.53. The van der Waals surface area contributed by atoms with Gasteiger partial charge in [0.15, 0.2) is 0 Å². The number of hydrogen-bond donors (Lipinski definition) is 2. The summed E-state index contributed by atoms with van der Waals surface area (Å²) >= 11 is 0. The minimum atomic E-state index is -5.39. The third-order valence-corrected chi connectivity index (χ3v) is 9.06. The van der Waals surface area contributed by atoms with Crippen LogP contribution in [-0.4, -0.2) is 28.9 Å². The van der Waals surface area contributed by atoms with Crippen molar-refractivity contribution in [1.82, 2.24) is 9.44 Å². The van der Waals surface area contributed by atoms with Crippen LogP contribution in [0.3, 0.4) is 0 Å². The Balaban J connectivity index is 1.99. The molecule has 1 saturated carbocycles. The summed E-state index contributed by atoms with van der Waals surface area (Å²) in [6.45, 7) is 0. The number of nitrogens with one attached hydrogen (secondary N) is 2. The normalized spacial score (nSPS) is 19.6. The van der Waals surface area contributed by atoms with Crippen LogP contribution in [0, 0.1) is 0 Å². The predicted octanol–water partition coefficient (Wildman–Crippen LogP) is 6.33. The first-order valence-corrected chi connectivity index (χ1v) is 14.4. The molecule has 2 aromatic rings. The standard InChI is InChI=1S/C22H18F12N2O4S2/c23-19(24,25)11-5-12(20(26,27)28)8-15(7-11)41(37,38)35-17-3-1-2-4-18(17)36-42(39,40)16-9-13(21(29,30)31)6-14(10-16)22(32,33)34/h5-10,17-18,35-36H,1-4H2/t17-,18-/m1/s1. The molecule has 1 fully saturated rings. The van der Waals surface area contributed by atoms with E-state index in [0.717, 1.165) is 0 Å². The van der Waals surface area contributed by atoms with E-state index in [-0.39, 0.29) is 62.1 Å². The lowest BCUT2D eigenvalue weighted by atomic mass is 9.92. The van der Waals surface area contributed by atoms with Crippen LogP contribution in [-0.2, 0) is 44.8 Å². The third kappa shape index (κ3) is 8.07. The van der Waals surface area contributed by atoms with Crippen molar-refractivity contribution in [3.05, 3.63) is 58.7 Å². The van der Waals surface area contributed by atoms with Crippen LogP contribution >= 0.6 is 0 Å². The second-order valence-electron chi connectivity index (χ2n) is 9.22. The molecular weight excluding hydrogens is 648 g/mol. The summed E-state index contributed by atoms with van der Waals surface area (Å²) in [5.74, 6) is 0. The lowest BCUT2D eigenvalue weighted by Gasteiger charge is -2.32. The summed E-state index contributed by atoms with van der Waals surface area (Å²) < 4.78 is 213. The molecule has 42 heavy (non-hydrogen) atoms. The molecule has 236 valence electrons. The van der Waals surface area contributed by atoms with Crippen molar-refractivity contribution in [3.63, 3.8) is 0 Å². The molecular formula is C22H18F12N2O4S2. The molecule has 0 amide bonds. The van der Waals surface area contributed by atoms with E-state index >= 15 is 0 Å². The molecule has 6 nitrogen and oxygen atoms in total. The first kappa shape index (κ1) is 33.9. The maximum absolute atomic E-state index is 13.2. The van der Waals surface area contributed by atoms with Crippen molar-refractivity contribution in [2.45, 2.75) is 72.3 Å². The Hall–Kier alpha value is -2.58. The molecule has 0 aromatic heterocycles. The largest absolute Gasteiger partial charge is 0.416 e. The third-order valence-electron chi connectivity index (χ3n) is 6.12. The highest BCUT2D eigenvalue weighted by atomic mass is 32.2. The Morgan fingerprint density at radius 1 is 0.476 bits per heavy atom. The molecule has 3 rings (SSSR count). The minimum Gasteiger partial charge on any atom is -0.207 e. The van der Waals surface area contributed by atoms with Crippen LogP contribution < -0.4 is 9.44 Å². The summed E-state index contributed by atoms with van der Waals surface area (Å²) in [4.78, 5) is -2.94. The zero-order chi connectivity index (χ0) is 32.1. The van der Waals surface area contributed by atoms with Gasteiger partial charge in [-0.3, -0.25) is 0 Å². The molecule has 0 spiro atoms. The highest BCUT2D eigenvalue weighted by molar-refractivity contribution is 7.90. The van der Waals surface area contributed by atoms with E-state index in [4.69, 9.17) is 0 Å². The first-order valence-electron chi connectivity index (χ1n) is 11.4. The lowest BCUT2D eigenvalue weighted by molar-refractivity contribution is -0.145. The van der Waals surface area contributed by atoms with Crippen molar-refractivity contribution < 1.29 is 69.5 Å². The Morgan fingerprint density at radius 2 is 0.714 bits per heavy atom. The van der Waals surface area contributed by atoms with E-state index in [0.29, 0.717) is 0 Å². The molecule has 2 aromatic carbocycles.